The second kappa shape index (κ2) is 7.38. The number of pyridine rings is 1. The number of aryl methyl sites for hydroxylation is 3. The van der Waals surface area contributed by atoms with E-state index in [1.54, 1.807) is 28.8 Å². The van der Waals surface area contributed by atoms with E-state index < -0.39 is 0 Å². The number of hydrogen-bond donors (Lipinski definition) is 1. The first-order valence-electron chi connectivity index (χ1n) is 10.4. The number of rotatable bonds is 2. The number of aromatic nitrogens is 1. The monoisotopic (exact) mass is 435 g/mol. The van der Waals surface area contributed by atoms with Gasteiger partial charge in [0.05, 0.1) is 11.1 Å². The Bertz CT molecular complexity index is 1260. The SMILES string of the molecule is Cc1cc(C)c(-c2c(O)c3c(n(-c4ccc(Cl)cc4)c2=O)CC(C)(C)CC3=O)c(C)c1. The van der Waals surface area contributed by atoms with Crippen LogP contribution in [-0.2, 0) is 6.42 Å². The maximum absolute atomic E-state index is 13.9. The van der Waals surface area contributed by atoms with Gasteiger partial charge in [-0.15, -0.1) is 0 Å². The number of hydrogen-bond acceptors (Lipinski definition) is 3. The molecule has 0 amide bonds. The van der Waals surface area contributed by atoms with Gasteiger partial charge in [0.1, 0.15) is 5.75 Å². The van der Waals surface area contributed by atoms with Gasteiger partial charge in [0.25, 0.3) is 5.56 Å². The van der Waals surface area contributed by atoms with Crippen molar-refractivity contribution in [1.29, 1.82) is 0 Å². The Kier molecular flexibility index (Phi) is 5.09. The molecule has 0 radical (unpaired) electrons. The summed E-state index contributed by atoms with van der Waals surface area (Å²) in [5.41, 5.74) is 4.49. The van der Waals surface area contributed by atoms with E-state index in [-0.39, 0.29) is 33.6 Å². The van der Waals surface area contributed by atoms with Gasteiger partial charge < -0.3 is 5.11 Å². The van der Waals surface area contributed by atoms with Crippen molar-refractivity contribution in [3.8, 4) is 22.6 Å². The normalized spacial score (nSPS) is 15.1. The minimum atomic E-state index is -0.334. The molecule has 3 aromatic rings. The van der Waals surface area contributed by atoms with Crippen LogP contribution in [0, 0.1) is 26.2 Å². The highest BCUT2D eigenvalue weighted by molar-refractivity contribution is 6.30. The maximum atomic E-state index is 13.9. The molecular formula is C26H26ClNO3. The predicted molar refractivity (Wildman–Crippen MR) is 125 cm³/mol. The van der Waals surface area contributed by atoms with E-state index in [9.17, 15) is 14.7 Å². The first-order chi connectivity index (χ1) is 14.5. The molecule has 0 fully saturated rings. The second-order valence-electron chi connectivity index (χ2n) is 9.38. The summed E-state index contributed by atoms with van der Waals surface area (Å²) in [6.45, 7) is 9.85. The van der Waals surface area contributed by atoms with Crippen molar-refractivity contribution >= 4 is 17.4 Å². The fourth-order valence-corrected chi connectivity index (χ4v) is 5.00. The molecule has 0 bridgehead atoms. The molecule has 0 saturated heterocycles. The summed E-state index contributed by atoms with van der Waals surface area (Å²) in [6, 6.07) is 11.0. The third-order valence-corrected chi connectivity index (χ3v) is 6.28. The molecule has 160 valence electrons. The number of carbonyl (C=O) groups is 1. The quantitative estimate of drug-likeness (QED) is 0.541. The van der Waals surface area contributed by atoms with Crippen LogP contribution in [-0.4, -0.2) is 15.5 Å². The summed E-state index contributed by atoms with van der Waals surface area (Å²) in [7, 11) is 0. The first-order valence-corrected chi connectivity index (χ1v) is 10.8. The third kappa shape index (κ3) is 3.59. The number of Topliss-reactive ketones (excluding diaryl/α,β-unsaturated/α-hetero) is 1. The molecule has 1 aromatic heterocycles. The van der Waals surface area contributed by atoms with E-state index in [0.717, 1.165) is 16.7 Å². The van der Waals surface area contributed by atoms with Gasteiger partial charge in [0, 0.05) is 22.8 Å². The highest BCUT2D eigenvalue weighted by atomic mass is 35.5. The summed E-state index contributed by atoms with van der Waals surface area (Å²) in [6.07, 6.45) is 0.823. The van der Waals surface area contributed by atoms with Crippen molar-refractivity contribution in [2.75, 3.05) is 0 Å². The molecule has 1 heterocycles. The third-order valence-electron chi connectivity index (χ3n) is 6.02. The van der Waals surface area contributed by atoms with E-state index in [1.165, 1.54) is 0 Å². The Balaban J connectivity index is 2.16. The molecule has 1 aliphatic carbocycles. The summed E-state index contributed by atoms with van der Waals surface area (Å²) < 4.78 is 1.58. The zero-order valence-electron chi connectivity index (χ0n) is 18.5. The van der Waals surface area contributed by atoms with Gasteiger partial charge in [-0.3, -0.25) is 14.2 Å². The van der Waals surface area contributed by atoms with E-state index in [1.807, 2.05) is 46.8 Å². The molecule has 0 aliphatic heterocycles. The number of ketones is 1. The van der Waals surface area contributed by atoms with Crippen LogP contribution in [0.25, 0.3) is 16.8 Å². The van der Waals surface area contributed by atoms with Crippen LogP contribution < -0.4 is 5.56 Å². The van der Waals surface area contributed by atoms with Gasteiger partial charge in [-0.05, 0) is 73.6 Å². The summed E-state index contributed by atoms with van der Waals surface area (Å²) in [5.74, 6) is -0.351. The Morgan fingerprint density at radius 2 is 1.48 bits per heavy atom. The van der Waals surface area contributed by atoms with Gasteiger partial charge in [-0.25, -0.2) is 0 Å². The van der Waals surface area contributed by atoms with Crippen molar-refractivity contribution < 1.29 is 9.90 Å². The lowest BCUT2D eigenvalue weighted by Crippen LogP contribution is -2.35. The Hall–Kier alpha value is -2.85. The summed E-state index contributed by atoms with van der Waals surface area (Å²) >= 11 is 6.08. The minimum absolute atomic E-state index is 0.143. The second-order valence-corrected chi connectivity index (χ2v) is 9.81. The maximum Gasteiger partial charge on any atom is 0.267 e. The average Bonchev–Trinajstić information content (AvgIpc) is 2.63. The molecule has 0 saturated carbocycles. The molecule has 2 aromatic carbocycles. The van der Waals surface area contributed by atoms with Gasteiger partial charge in [-0.2, -0.15) is 0 Å². The number of fused-ring (bicyclic) bond motifs is 1. The van der Waals surface area contributed by atoms with Crippen molar-refractivity contribution in [1.82, 2.24) is 4.57 Å². The number of nitrogens with zero attached hydrogens (tertiary/aromatic N) is 1. The predicted octanol–water partition coefficient (Wildman–Crippen LogP) is 5.94. The topological polar surface area (TPSA) is 59.3 Å². The van der Waals surface area contributed by atoms with Crippen LogP contribution >= 0.6 is 11.6 Å². The van der Waals surface area contributed by atoms with E-state index >= 15 is 0 Å². The van der Waals surface area contributed by atoms with Crippen LogP contribution in [0.5, 0.6) is 5.75 Å². The molecule has 4 rings (SSSR count). The lowest BCUT2D eigenvalue weighted by atomic mass is 9.74. The fraction of sp³-hybridized carbons (Fsp3) is 0.308. The molecule has 1 aliphatic rings. The molecule has 0 unspecified atom stereocenters. The largest absolute Gasteiger partial charge is 0.506 e. The number of benzene rings is 2. The molecule has 0 spiro atoms. The molecule has 5 heteroatoms. The number of halogens is 1. The highest BCUT2D eigenvalue weighted by Crippen LogP contribution is 2.43. The standard InChI is InChI=1S/C26H26ClNO3/c1-14-10-15(2)21(16(3)11-14)23-24(30)22-19(12-26(4,5)13-20(22)29)28(25(23)31)18-8-6-17(27)7-9-18/h6-11,30H,12-13H2,1-5H3. The zero-order chi connectivity index (χ0) is 22.7. The molecule has 31 heavy (non-hydrogen) atoms. The molecule has 4 nitrogen and oxygen atoms in total. The lowest BCUT2D eigenvalue weighted by Gasteiger charge is -2.33. The van der Waals surface area contributed by atoms with Gasteiger partial charge in [0.2, 0.25) is 0 Å². The van der Waals surface area contributed by atoms with Crippen molar-refractivity contribution in [3.63, 3.8) is 0 Å². The molecule has 1 N–H and O–H groups in total. The first kappa shape index (κ1) is 21.4. The molecular weight excluding hydrogens is 410 g/mol. The Labute approximate surface area is 187 Å². The fourth-order valence-electron chi connectivity index (χ4n) is 4.87. The lowest BCUT2D eigenvalue weighted by molar-refractivity contribution is 0.0905. The van der Waals surface area contributed by atoms with Gasteiger partial charge in [-0.1, -0.05) is 43.1 Å². The summed E-state index contributed by atoms with van der Waals surface area (Å²) in [5, 5.41) is 11.8. The van der Waals surface area contributed by atoms with Crippen LogP contribution in [0.15, 0.2) is 41.2 Å². The van der Waals surface area contributed by atoms with E-state index in [0.29, 0.717) is 34.8 Å². The molecule has 0 atom stereocenters. The van der Waals surface area contributed by atoms with Crippen molar-refractivity contribution in [3.05, 3.63) is 79.7 Å². The van der Waals surface area contributed by atoms with E-state index in [4.69, 9.17) is 11.6 Å². The van der Waals surface area contributed by atoms with Gasteiger partial charge in [0.15, 0.2) is 5.78 Å². The van der Waals surface area contributed by atoms with Crippen LogP contribution in [0.1, 0.15) is 53.0 Å². The minimum Gasteiger partial charge on any atom is -0.506 e. The average molecular weight is 436 g/mol. The van der Waals surface area contributed by atoms with E-state index in [2.05, 4.69) is 0 Å². The smallest absolute Gasteiger partial charge is 0.267 e. The van der Waals surface area contributed by atoms with Crippen molar-refractivity contribution in [2.24, 2.45) is 5.41 Å². The van der Waals surface area contributed by atoms with Crippen LogP contribution in [0.4, 0.5) is 0 Å². The summed E-state index contributed by atoms with van der Waals surface area (Å²) in [4.78, 5) is 27.1. The van der Waals surface area contributed by atoms with Crippen LogP contribution in [0.2, 0.25) is 5.02 Å². The van der Waals surface area contributed by atoms with Crippen molar-refractivity contribution in [2.45, 2.75) is 47.5 Å². The highest BCUT2D eigenvalue weighted by Gasteiger charge is 2.37. The zero-order valence-corrected chi connectivity index (χ0v) is 19.2. The Morgan fingerprint density at radius 3 is 2.06 bits per heavy atom. The Morgan fingerprint density at radius 1 is 0.903 bits per heavy atom. The van der Waals surface area contributed by atoms with Gasteiger partial charge >= 0.3 is 0 Å². The van der Waals surface area contributed by atoms with Crippen LogP contribution in [0.3, 0.4) is 0 Å². The number of aromatic hydroxyl groups is 1. The number of carbonyl (C=O) groups excluding carboxylic acids is 1.